The highest BCUT2D eigenvalue weighted by Gasteiger charge is 2.35. The molecule has 1 N–H and O–H groups in total. The fourth-order valence-corrected chi connectivity index (χ4v) is 5.54. The second kappa shape index (κ2) is 7.12. The summed E-state index contributed by atoms with van der Waals surface area (Å²) in [6.45, 7) is 3.36. The highest BCUT2D eigenvalue weighted by molar-refractivity contribution is 7.90. The van der Waals surface area contributed by atoms with Crippen LogP contribution < -0.4 is 4.72 Å². The summed E-state index contributed by atoms with van der Waals surface area (Å²) < 4.78 is 32.8. The van der Waals surface area contributed by atoms with Crippen LogP contribution in [0, 0.1) is 11.8 Å². The molecule has 0 amide bonds. The second-order valence-corrected chi connectivity index (χ2v) is 10.3. The third-order valence-electron chi connectivity index (χ3n) is 5.70. The van der Waals surface area contributed by atoms with Crippen molar-refractivity contribution in [1.82, 2.24) is 13.6 Å². The molecule has 2 bridgehead atoms. The highest BCUT2D eigenvalue weighted by atomic mass is 32.2. The number of fused-ring (bicyclic) bond motifs is 4. The number of nitrogens with zero attached hydrogens (tertiary/aromatic N) is 3. The van der Waals surface area contributed by atoms with Crippen molar-refractivity contribution in [1.29, 1.82) is 0 Å². The van der Waals surface area contributed by atoms with Gasteiger partial charge >= 0.3 is 10.2 Å². The molecular formula is C18H24N4O3S2. The molecule has 0 unspecified atom stereocenters. The number of aromatic nitrogens is 1. The van der Waals surface area contributed by atoms with Gasteiger partial charge in [0.1, 0.15) is 5.69 Å². The molecule has 3 fully saturated rings. The van der Waals surface area contributed by atoms with E-state index >= 15 is 0 Å². The Bertz CT molecular complexity index is 962. The summed E-state index contributed by atoms with van der Waals surface area (Å²) in [7, 11) is -0.615. The zero-order chi connectivity index (χ0) is 19.2. The first kappa shape index (κ1) is 18.8. The van der Waals surface area contributed by atoms with Gasteiger partial charge in [0, 0.05) is 32.4 Å². The average molecular weight is 409 g/mol. The van der Waals surface area contributed by atoms with Gasteiger partial charge in [-0.1, -0.05) is 0 Å². The van der Waals surface area contributed by atoms with Gasteiger partial charge in [0.2, 0.25) is 0 Å². The van der Waals surface area contributed by atoms with Crippen LogP contribution in [0.15, 0.2) is 18.2 Å². The van der Waals surface area contributed by atoms with Gasteiger partial charge in [-0.3, -0.25) is 9.52 Å². The number of Topliss-reactive ketones (excluding diaryl/α,β-unsaturated/α-hetero) is 1. The molecule has 0 aliphatic carbocycles. The molecular weight excluding hydrogens is 384 g/mol. The Morgan fingerprint density at radius 1 is 1.33 bits per heavy atom. The zero-order valence-electron chi connectivity index (χ0n) is 15.5. The van der Waals surface area contributed by atoms with Crippen LogP contribution in [-0.4, -0.2) is 61.5 Å². The van der Waals surface area contributed by atoms with Gasteiger partial charge in [0.25, 0.3) is 0 Å². The summed E-state index contributed by atoms with van der Waals surface area (Å²) in [5, 5.41) is 0.805. The van der Waals surface area contributed by atoms with Crippen molar-refractivity contribution < 1.29 is 13.2 Å². The van der Waals surface area contributed by atoms with Gasteiger partial charge in [-0.15, -0.1) is 0 Å². The van der Waals surface area contributed by atoms with Crippen LogP contribution in [0.4, 0.5) is 5.69 Å². The number of carbonyl (C=O) groups is 1. The Morgan fingerprint density at radius 3 is 2.70 bits per heavy atom. The van der Waals surface area contributed by atoms with Crippen molar-refractivity contribution in [3.63, 3.8) is 0 Å². The number of benzene rings is 1. The molecule has 3 aliphatic heterocycles. The molecule has 5 rings (SSSR count). The lowest BCUT2D eigenvalue weighted by Gasteiger charge is -2.44. The normalized spacial score (nSPS) is 25.2. The van der Waals surface area contributed by atoms with E-state index in [0.717, 1.165) is 20.9 Å². The van der Waals surface area contributed by atoms with Crippen LogP contribution in [0.3, 0.4) is 0 Å². The van der Waals surface area contributed by atoms with Crippen LogP contribution in [-0.2, 0) is 10.2 Å². The topological polar surface area (TPSA) is 82.6 Å². The highest BCUT2D eigenvalue weighted by Crippen LogP contribution is 2.36. The summed E-state index contributed by atoms with van der Waals surface area (Å²) >= 11 is 1.24. The number of rotatable bonds is 6. The molecule has 4 heterocycles. The Balaban J connectivity index is 1.52. The Kier molecular flexibility index (Phi) is 4.96. The predicted octanol–water partition coefficient (Wildman–Crippen LogP) is 2.43. The van der Waals surface area contributed by atoms with Gasteiger partial charge < -0.3 is 4.90 Å². The fraction of sp³-hybridized carbons (Fsp3) is 0.556. The first-order valence-electron chi connectivity index (χ1n) is 9.19. The molecule has 1 atom stereocenters. The minimum atomic E-state index is -3.56. The standard InChI is InChI=1S/C18H24N4O3S2/c1-21(2)27(24,25)20-14-3-4-15-17(10-14)26-19-18(15)16(23)9-13-11-22-7-5-12(13)6-8-22/h3-4,10,12-13,20H,5-9,11H2,1-2H3/t13-/m1/s1. The summed E-state index contributed by atoms with van der Waals surface area (Å²) in [5.74, 6) is 1.19. The van der Waals surface area contributed by atoms with E-state index in [-0.39, 0.29) is 5.78 Å². The fourth-order valence-electron chi connectivity index (χ4n) is 4.10. The lowest BCUT2D eigenvalue weighted by atomic mass is 9.76. The number of ketones is 1. The molecule has 0 spiro atoms. The number of anilines is 1. The van der Waals surface area contributed by atoms with Crippen molar-refractivity contribution in [3.05, 3.63) is 23.9 Å². The van der Waals surface area contributed by atoms with Crippen LogP contribution in [0.1, 0.15) is 29.8 Å². The molecule has 0 saturated carbocycles. The van der Waals surface area contributed by atoms with E-state index in [1.54, 1.807) is 18.2 Å². The largest absolute Gasteiger partial charge is 0.303 e. The number of piperidine rings is 3. The third kappa shape index (κ3) is 3.73. The van der Waals surface area contributed by atoms with Gasteiger partial charge in [-0.05, 0) is 67.5 Å². The van der Waals surface area contributed by atoms with E-state index in [1.165, 1.54) is 51.6 Å². The number of hydrogen-bond acceptors (Lipinski definition) is 6. The molecule has 0 radical (unpaired) electrons. The molecule has 1 aromatic carbocycles. The van der Waals surface area contributed by atoms with Crippen LogP contribution in [0.5, 0.6) is 0 Å². The van der Waals surface area contributed by atoms with Gasteiger partial charge in [-0.25, -0.2) is 0 Å². The van der Waals surface area contributed by atoms with E-state index in [0.29, 0.717) is 29.6 Å². The molecule has 3 aliphatic rings. The molecule has 3 saturated heterocycles. The summed E-state index contributed by atoms with van der Waals surface area (Å²) in [5.41, 5.74) is 0.990. The lowest BCUT2D eigenvalue weighted by Crippen LogP contribution is -2.47. The van der Waals surface area contributed by atoms with Crippen molar-refractivity contribution in [3.8, 4) is 0 Å². The summed E-state index contributed by atoms with van der Waals surface area (Å²) in [4.78, 5) is 15.3. The minimum absolute atomic E-state index is 0.0987. The van der Waals surface area contributed by atoms with E-state index in [2.05, 4.69) is 14.0 Å². The monoisotopic (exact) mass is 408 g/mol. The van der Waals surface area contributed by atoms with Gasteiger partial charge in [0.15, 0.2) is 5.78 Å². The SMILES string of the molecule is CN(C)S(=O)(=O)Nc1ccc2c(C(=O)C[C@@H]3CN4CCC3CC4)nsc2c1. The van der Waals surface area contributed by atoms with Crippen LogP contribution in [0.25, 0.3) is 10.1 Å². The number of hydrogen-bond donors (Lipinski definition) is 1. The molecule has 27 heavy (non-hydrogen) atoms. The van der Waals surface area contributed by atoms with Crippen LogP contribution in [0.2, 0.25) is 0 Å². The van der Waals surface area contributed by atoms with Crippen LogP contribution >= 0.6 is 11.5 Å². The van der Waals surface area contributed by atoms with Crippen molar-refractivity contribution >= 4 is 43.3 Å². The Hall–Kier alpha value is -1.55. The third-order valence-corrected chi connectivity index (χ3v) is 7.97. The van der Waals surface area contributed by atoms with E-state index in [4.69, 9.17) is 0 Å². The zero-order valence-corrected chi connectivity index (χ0v) is 17.1. The molecule has 9 heteroatoms. The minimum Gasteiger partial charge on any atom is -0.303 e. The molecule has 2 aromatic rings. The van der Waals surface area contributed by atoms with Gasteiger partial charge in [0.05, 0.1) is 10.4 Å². The van der Waals surface area contributed by atoms with Crippen molar-refractivity contribution in [2.24, 2.45) is 11.8 Å². The Morgan fingerprint density at radius 2 is 2.07 bits per heavy atom. The maximum absolute atomic E-state index is 12.9. The van der Waals surface area contributed by atoms with Crippen molar-refractivity contribution in [2.75, 3.05) is 38.5 Å². The number of nitrogens with one attached hydrogen (secondary N) is 1. The van der Waals surface area contributed by atoms with Crippen molar-refractivity contribution in [2.45, 2.75) is 19.3 Å². The maximum Gasteiger partial charge on any atom is 0.301 e. The van der Waals surface area contributed by atoms with E-state index in [9.17, 15) is 13.2 Å². The quantitative estimate of drug-likeness (QED) is 0.743. The predicted molar refractivity (Wildman–Crippen MR) is 107 cm³/mol. The average Bonchev–Trinajstić information content (AvgIpc) is 3.05. The van der Waals surface area contributed by atoms with Gasteiger partial charge in [-0.2, -0.15) is 17.1 Å². The second-order valence-electron chi connectivity index (χ2n) is 7.66. The number of carbonyl (C=O) groups excluding carboxylic acids is 1. The maximum atomic E-state index is 12.9. The summed E-state index contributed by atoms with van der Waals surface area (Å²) in [6, 6.07) is 5.21. The Labute approximate surface area is 163 Å². The lowest BCUT2D eigenvalue weighted by molar-refractivity contribution is 0.0440. The molecule has 146 valence electrons. The molecule has 1 aromatic heterocycles. The first-order valence-corrected chi connectivity index (χ1v) is 11.4. The van der Waals surface area contributed by atoms with E-state index in [1.807, 2.05) is 0 Å². The smallest absolute Gasteiger partial charge is 0.301 e. The first-order chi connectivity index (χ1) is 12.8. The summed E-state index contributed by atoms with van der Waals surface area (Å²) in [6.07, 6.45) is 2.95. The van der Waals surface area contributed by atoms with E-state index < -0.39 is 10.2 Å². The molecule has 7 nitrogen and oxygen atoms in total.